The smallest absolute Gasteiger partial charge is 0.410 e. The van der Waals surface area contributed by atoms with Crippen molar-refractivity contribution < 1.29 is 14.3 Å². The summed E-state index contributed by atoms with van der Waals surface area (Å²) in [4.78, 5) is 30.3. The number of hydrogen-bond acceptors (Lipinski definition) is 4. The topological polar surface area (TPSA) is 95.1 Å². The van der Waals surface area contributed by atoms with Crippen molar-refractivity contribution in [2.45, 2.75) is 64.6 Å². The molecule has 2 aliphatic rings. The third-order valence-electron chi connectivity index (χ3n) is 5.48. The summed E-state index contributed by atoms with van der Waals surface area (Å²) in [5.74, 6) is 0.946. The summed E-state index contributed by atoms with van der Waals surface area (Å²) in [5, 5.41) is 9.66. The van der Waals surface area contributed by atoms with Crippen LogP contribution in [0.4, 0.5) is 10.5 Å². The summed E-state index contributed by atoms with van der Waals surface area (Å²) in [7, 11) is 1.72. The van der Waals surface area contributed by atoms with E-state index in [9.17, 15) is 9.59 Å². The van der Waals surface area contributed by atoms with Gasteiger partial charge in [0.25, 0.3) is 0 Å². The molecular weight excluding hydrogens is 394 g/mol. The number of hydrogen-bond donors (Lipinski definition) is 3. The lowest BCUT2D eigenvalue weighted by molar-refractivity contribution is -0.119. The monoisotopic (exact) mass is 429 g/mol. The molecule has 1 saturated heterocycles. The van der Waals surface area contributed by atoms with Crippen molar-refractivity contribution >= 4 is 23.6 Å². The van der Waals surface area contributed by atoms with E-state index in [1.165, 1.54) is 0 Å². The van der Waals surface area contributed by atoms with E-state index in [2.05, 4.69) is 20.9 Å². The molecule has 1 aliphatic carbocycles. The van der Waals surface area contributed by atoms with E-state index in [1.807, 2.05) is 45.0 Å². The molecule has 3 N–H and O–H groups in total. The fraction of sp³-hybridized carbons (Fsp3) is 0.609. The molecule has 0 radical (unpaired) electrons. The van der Waals surface area contributed by atoms with Gasteiger partial charge in [-0.15, -0.1) is 0 Å². The number of aliphatic imine (C=N–C) groups is 1. The molecule has 31 heavy (non-hydrogen) atoms. The molecule has 0 bridgehead atoms. The first-order chi connectivity index (χ1) is 14.7. The Labute approximate surface area is 184 Å². The molecule has 1 aromatic rings. The van der Waals surface area contributed by atoms with Crippen LogP contribution in [0.2, 0.25) is 0 Å². The van der Waals surface area contributed by atoms with Gasteiger partial charge in [0.2, 0.25) is 5.91 Å². The lowest BCUT2D eigenvalue weighted by Crippen LogP contribution is -2.63. The lowest BCUT2D eigenvalue weighted by Gasteiger charge is -2.40. The van der Waals surface area contributed by atoms with E-state index in [-0.39, 0.29) is 24.0 Å². The third kappa shape index (κ3) is 6.87. The van der Waals surface area contributed by atoms with E-state index in [0.29, 0.717) is 25.6 Å². The lowest BCUT2D eigenvalue weighted by atomic mass is 10.1. The van der Waals surface area contributed by atoms with Gasteiger partial charge in [0.15, 0.2) is 5.96 Å². The predicted octanol–water partition coefficient (Wildman–Crippen LogP) is 3.10. The predicted molar refractivity (Wildman–Crippen MR) is 122 cm³/mol. The molecule has 3 rings (SSSR count). The molecule has 0 aromatic heterocycles. The molecule has 170 valence electrons. The Morgan fingerprint density at radius 2 is 1.90 bits per heavy atom. The number of likely N-dealkylation sites (tertiary alicyclic amines) is 1. The van der Waals surface area contributed by atoms with Gasteiger partial charge in [-0.25, -0.2) is 4.79 Å². The minimum Gasteiger partial charge on any atom is -0.444 e. The van der Waals surface area contributed by atoms with Gasteiger partial charge in [-0.3, -0.25) is 9.79 Å². The number of ether oxygens (including phenoxy) is 1. The highest BCUT2D eigenvalue weighted by atomic mass is 16.6. The van der Waals surface area contributed by atoms with E-state index in [4.69, 9.17) is 4.74 Å². The zero-order chi connectivity index (χ0) is 22.4. The van der Waals surface area contributed by atoms with Gasteiger partial charge in [0.05, 0.1) is 6.04 Å². The number of nitrogens with zero attached hydrogens (tertiary/aromatic N) is 2. The summed E-state index contributed by atoms with van der Waals surface area (Å²) < 4.78 is 5.38. The summed E-state index contributed by atoms with van der Waals surface area (Å²) in [6.45, 7) is 7.33. The molecule has 8 nitrogen and oxygen atoms in total. The number of rotatable bonds is 5. The van der Waals surface area contributed by atoms with Crippen LogP contribution in [0.1, 0.15) is 52.0 Å². The van der Waals surface area contributed by atoms with Crippen molar-refractivity contribution in [1.29, 1.82) is 0 Å². The first-order valence-corrected chi connectivity index (χ1v) is 11.1. The van der Waals surface area contributed by atoms with Crippen LogP contribution in [0.25, 0.3) is 0 Å². The molecule has 1 aliphatic heterocycles. The number of carbonyl (C=O) groups excluding carboxylic acids is 2. The second-order valence-corrected chi connectivity index (χ2v) is 9.32. The van der Waals surface area contributed by atoms with Crippen molar-refractivity contribution in [3.8, 4) is 0 Å². The van der Waals surface area contributed by atoms with E-state index >= 15 is 0 Å². The van der Waals surface area contributed by atoms with Crippen LogP contribution >= 0.6 is 0 Å². The Kier molecular flexibility index (Phi) is 7.41. The minimum atomic E-state index is -0.488. The van der Waals surface area contributed by atoms with Crippen LogP contribution in [0.3, 0.4) is 0 Å². The average molecular weight is 430 g/mol. The summed E-state index contributed by atoms with van der Waals surface area (Å²) in [5.41, 5.74) is 1.39. The number of guanidine groups is 1. The van der Waals surface area contributed by atoms with Gasteiger partial charge >= 0.3 is 6.09 Å². The fourth-order valence-electron chi connectivity index (χ4n) is 3.81. The van der Waals surface area contributed by atoms with Gasteiger partial charge in [-0.1, -0.05) is 25.0 Å². The molecule has 0 unspecified atom stereocenters. The molecule has 1 aromatic carbocycles. The number of amides is 2. The van der Waals surface area contributed by atoms with Crippen molar-refractivity contribution in [1.82, 2.24) is 15.5 Å². The molecule has 1 saturated carbocycles. The standard InChI is InChI=1S/C23H35N5O3/c1-23(2,3)31-22(30)28-14-19(15-28)27-21(24-4)25-13-16-8-7-11-18(12-16)26-20(29)17-9-5-6-10-17/h7-8,11-12,17,19H,5-6,9-10,13-15H2,1-4H3,(H,26,29)(H2,24,25,27). The third-order valence-corrected chi connectivity index (χ3v) is 5.48. The highest BCUT2D eigenvalue weighted by Crippen LogP contribution is 2.26. The van der Waals surface area contributed by atoms with Crippen LogP contribution in [0.5, 0.6) is 0 Å². The maximum atomic E-state index is 12.4. The van der Waals surface area contributed by atoms with E-state index in [0.717, 1.165) is 36.9 Å². The zero-order valence-corrected chi connectivity index (χ0v) is 19.0. The van der Waals surface area contributed by atoms with Gasteiger partial charge < -0.3 is 25.6 Å². The fourth-order valence-corrected chi connectivity index (χ4v) is 3.81. The van der Waals surface area contributed by atoms with Gasteiger partial charge in [0, 0.05) is 38.3 Å². The van der Waals surface area contributed by atoms with Gasteiger partial charge in [-0.05, 0) is 51.3 Å². The van der Waals surface area contributed by atoms with Crippen LogP contribution in [0, 0.1) is 5.92 Å². The largest absolute Gasteiger partial charge is 0.444 e. The highest BCUT2D eigenvalue weighted by Gasteiger charge is 2.34. The molecule has 2 fully saturated rings. The van der Waals surface area contributed by atoms with E-state index < -0.39 is 5.60 Å². The number of anilines is 1. The molecule has 2 amide bonds. The number of benzene rings is 1. The molecule has 1 heterocycles. The Balaban J connectivity index is 1.43. The van der Waals surface area contributed by atoms with Crippen LogP contribution in [-0.4, -0.2) is 54.6 Å². The van der Waals surface area contributed by atoms with E-state index in [1.54, 1.807) is 11.9 Å². The minimum absolute atomic E-state index is 0.125. The second kappa shape index (κ2) is 10.0. The summed E-state index contributed by atoms with van der Waals surface area (Å²) in [6.07, 6.45) is 3.98. The van der Waals surface area contributed by atoms with Gasteiger partial charge in [0.1, 0.15) is 5.60 Å². The summed E-state index contributed by atoms with van der Waals surface area (Å²) >= 11 is 0. The molecule has 0 spiro atoms. The molecule has 8 heteroatoms. The maximum absolute atomic E-state index is 12.4. The number of carbonyl (C=O) groups is 2. The van der Waals surface area contributed by atoms with Crippen LogP contribution in [-0.2, 0) is 16.1 Å². The van der Waals surface area contributed by atoms with Crippen molar-refractivity contribution in [2.24, 2.45) is 10.9 Å². The maximum Gasteiger partial charge on any atom is 0.410 e. The van der Waals surface area contributed by atoms with Gasteiger partial charge in [-0.2, -0.15) is 0 Å². The Morgan fingerprint density at radius 3 is 2.55 bits per heavy atom. The molecule has 0 atom stereocenters. The average Bonchev–Trinajstić information content (AvgIpc) is 3.20. The van der Waals surface area contributed by atoms with Crippen molar-refractivity contribution in [2.75, 3.05) is 25.5 Å². The first kappa shape index (κ1) is 22.9. The summed E-state index contributed by atoms with van der Waals surface area (Å²) in [6, 6.07) is 8.00. The Morgan fingerprint density at radius 1 is 1.19 bits per heavy atom. The number of nitrogens with one attached hydrogen (secondary N) is 3. The normalized spacial score (nSPS) is 17.8. The quantitative estimate of drug-likeness (QED) is 0.494. The van der Waals surface area contributed by atoms with Crippen LogP contribution < -0.4 is 16.0 Å². The molecular formula is C23H35N5O3. The van der Waals surface area contributed by atoms with Crippen LogP contribution in [0.15, 0.2) is 29.3 Å². The first-order valence-electron chi connectivity index (χ1n) is 11.1. The Hall–Kier alpha value is -2.77. The zero-order valence-electron chi connectivity index (χ0n) is 19.0. The van der Waals surface area contributed by atoms with Crippen molar-refractivity contribution in [3.63, 3.8) is 0 Å². The highest BCUT2D eigenvalue weighted by molar-refractivity contribution is 5.92. The second-order valence-electron chi connectivity index (χ2n) is 9.32. The Bertz CT molecular complexity index is 806. The SMILES string of the molecule is CN=C(NCc1cccc(NC(=O)C2CCCC2)c1)NC1CN(C(=O)OC(C)(C)C)C1. The van der Waals surface area contributed by atoms with Crippen molar-refractivity contribution in [3.05, 3.63) is 29.8 Å².